The molecule has 1 aromatic heterocycles. The molecule has 1 atom stereocenters. The predicted molar refractivity (Wildman–Crippen MR) is 142 cm³/mol. The van der Waals surface area contributed by atoms with Crippen molar-refractivity contribution in [3.63, 3.8) is 0 Å². The molecule has 2 fully saturated rings. The Kier molecular flexibility index (Phi) is 8.99. The number of benzene rings is 1. The Hall–Kier alpha value is -3.46. The molecule has 4 N–H and O–H groups in total. The summed E-state index contributed by atoms with van der Waals surface area (Å²) >= 11 is 0. The number of aliphatic hydroxyl groups excluding tert-OH is 1. The minimum absolute atomic E-state index is 0.168. The number of piperidine rings is 1. The molecule has 2 heterocycles. The van der Waals surface area contributed by atoms with Gasteiger partial charge in [-0.1, -0.05) is 25.5 Å². The molecule has 6 nitrogen and oxygen atoms in total. The summed E-state index contributed by atoms with van der Waals surface area (Å²) < 4.78 is 50.6. The van der Waals surface area contributed by atoms with Crippen LogP contribution in [0.2, 0.25) is 0 Å². The van der Waals surface area contributed by atoms with E-state index in [0.717, 1.165) is 69.4 Å². The van der Waals surface area contributed by atoms with Gasteiger partial charge in [-0.15, -0.1) is 0 Å². The quantitative estimate of drug-likeness (QED) is 0.246. The second kappa shape index (κ2) is 12.4. The Morgan fingerprint density at radius 2 is 1.97 bits per heavy atom. The number of ether oxygens (including phenoxy) is 1. The van der Waals surface area contributed by atoms with Gasteiger partial charge in [-0.25, -0.2) is 18.2 Å². The van der Waals surface area contributed by atoms with Crippen molar-refractivity contribution in [3.8, 4) is 17.0 Å². The maximum absolute atomic E-state index is 15.3. The number of nitrogen functional groups attached to an aromatic ring is 1. The van der Waals surface area contributed by atoms with Crippen molar-refractivity contribution in [2.45, 2.75) is 51.7 Å². The van der Waals surface area contributed by atoms with E-state index < -0.39 is 34.9 Å². The lowest BCUT2D eigenvalue weighted by Gasteiger charge is -2.32. The average molecular weight is 529 g/mol. The van der Waals surface area contributed by atoms with E-state index in [1.807, 2.05) is 19.1 Å². The molecule has 4 rings (SSSR count). The van der Waals surface area contributed by atoms with E-state index in [-0.39, 0.29) is 23.7 Å². The van der Waals surface area contributed by atoms with Gasteiger partial charge in [-0.2, -0.15) is 0 Å². The standard InChI is InChI=1S/C29H35F3N4O2/c1-3-8-23(36-14-6-5-7-15-36)22(4-2)34-29(37)28-21(33)17-20(31)27(35-28)25-19(30)11-12-24(26(25)32)38-16-13-18-9-10-18/h3-4,8,11-12,17-18,29,34,37H,2,5-7,9-10,13-16,33H2,1H3/b8-3-,23-22-. The smallest absolute Gasteiger partial charge is 0.177 e. The van der Waals surface area contributed by atoms with Gasteiger partial charge < -0.3 is 25.8 Å². The monoisotopic (exact) mass is 528 g/mol. The number of rotatable bonds is 11. The van der Waals surface area contributed by atoms with Crippen LogP contribution in [0, 0.1) is 23.4 Å². The second-order valence-corrected chi connectivity index (χ2v) is 9.71. The molecule has 204 valence electrons. The van der Waals surface area contributed by atoms with Crippen LogP contribution in [0.4, 0.5) is 18.9 Å². The first-order valence-corrected chi connectivity index (χ1v) is 13.1. The molecule has 2 aliphatic rings. The van der Waals surface area contributed by atoms with E-state index in [9.17, 15) is 13.9 Å². The fourth-order valence-corrected chi connectivity index (χ4v) is 4.63. The van der Waals surface area contributed by atoms with Crippen molar-refractivity contribution in [1.29, 1.82) is 0 Å². The van der Waals surface area contributed by atoms with Gasteiger partial charge in [0.2, 0.25) is 0 Å². The zero-order valence-corrected chi connectivity index (χ0v) is 21.7. The van der Waals surface area contributed by atoms with E-state index >= 15 is 4.39 Å². The zero-order chi connectivity index (χ0) is 27.2. The van der Waals surface area contributed by atoms with E-state index in [1.54, 1.807) is 6.08 Å². The Bertz CT molecular complexity index is 1220. The predicted octanol–water partition coefficient (Wildman–Crippen LogP) is 5.97. The third-order valence-corrected chi connectivity index (χ3v) is 6.86. The summed E-state index contributed by atoms with van der Waals surface area (Å²) in [7, 11) is 0. The molecule has 1 aliphatic carbocycles. The Balaban J connectivity index is 1.66. The molecular weight excluding hydrogens is 493 g/mol. The highest BCUT2D eigenvalue weighted by molar-refractivity contribution is 5.66. The Morgan fingerprint density at radius 1 is 1.24 bits per heavy atom. The lowest BCUT2D eigenvalue weighted by Crippen LogP contribution is -2.32. The number of aromatic nitrogens is 1. The molecule has 2 aromatic rings. The van der Waals surface area contributed by atoms with Gasteiger partial charge in [0, 0.05) is 19.2 Å². The fraction of sp³-hybridized carbons (Fsp3) is 0.414. The van der Waals surface area contributed by atoms with E-state index in [4.69, 9.17) is 10.5 Å². The number of anilines is 1. The number of aliphatic hydroxyl groups is 1. The third kappa shape index (κ3) is 6.32. The topological polar surface area (TPSA) is 83.6 Å². The molecule has 0 amide bonds. The van der Waals surface area contributed by atoms with Crippen LogP contribution in [0.3, 0.4) is 0 Å². The first kappa shape index (κ1) is 27.6. The van der Waals surface area contributed by atoms with Crippen molar-refractivity contribution >= 4 is 5.69 Å². The fourth-order valence-electron chi connectivity index (χ4n) is 4.63. The maximum atomic E-state index is 15.3. The number of nitrogens with one attached hydrogen (secondary N) is 1. The van der Waals surface area contributed by atoms with Crippen molar-refractivity contribution in [2.75, 3.05) is 25.4 Å². The molecule has 1 unspecified atom stereocenters. The highest BCUT2D eigenvalue weighted by Gasteiger charge is 2.26. The Morgan fingerprint density at radius 3 is 2.63 bits per heavy atom. The molecule has 1 saturated heterocycles. The van der Waals surface area contributed by atoms with E-state index in [1.165, 1.54) is 6.07 Å². The zero-order valence-electron chi connectivity index (χ0n) is 21.7. The highest BCUT2D eigenvalue weighted by Crippen LogP contribution is 2.36. The minimum atomic E-state index is -1.50. The summed E-state index contributed by atoms with van der Waals surface area (Å²) in [6.45, 7) is 7.74. The lowest BCUT2D eigenvalue weighted by atomic mass is 10.1. The first-order valence-electron chi connectivity index (χ1n) is 13.1. The van der Waals surface area contributed by atoms with Crippen LogP contribution in [0.5, 0.6) is 5.75 Å². The normalized spacial score (nSPS) is 17.3. The minimum Gasteiger partial charge on any atom is -0.490 e. The van der Waals surface area contributed by atoms with Crippen molar-refractivity contribution in [2.24, 2.45) is 5.92 Å². The number of hydrogen-bond acceptors (Lipinski definition) is 6. The van der Waals surface area contributed by atoms with Gasteiger partial charge in [0.15, 0.2) is 23.6 Å². The van der Waals surface area contributed by atoms with E-state index in [2.05, 4.69) is 21.8 Å². The van der Waals surface area contributed by atoms with Crippen molar-refractivity contribution in [3.05, 3.63) is 77.5 Å². The van der Waals surface area contributed by atoms with Gasteiger partial charge in [-0.05, 0) is 62.8 Å². The lowest BCUT2D eigenvalue weighted by molar-refractivity contribution is 0.147. The van der Waals surface area contributed by atoms with Gasteiger partial charge in [0.05, 0.1) is 29.3 Å². The van der Waals surface area contributed by atoms with Gasteiger partial charge in [0.25, 0.3) is 0 Å². The number of nitrogens with zero attached hydrogens (tertiary/aromatic N) is 2. The number of halogens is 3. The molecule has 0 bridgehead atoms. The van der Waals surface area contributed by atoms with Crippen molar-refractivity contribution < 1.29 is 23.0 Å². The molecule has 0 spiro atoms. The Labute approximate surface area is 221 Å². The number of hydrogen-bond donors (Lipinski definition) is 3. The van der Waals surface area contributed by atoms with Crippen LogP contribution in [-0.4, -0.2) is 34.7 Å². The first-order chi connectivity index (χ1) is 18.3. The van der Waals surface area contributed by atoms with Gasteiger partial charge in [0.1, 0.15) is 17.2 Å². The average Bonchev–Trinajstić information content (AvgIpc) is 3.73. The van der Waals surface area contributed by atoms with Gasteiger partial charge in [-0.3, -0.25) is 0 Å². The summed E-state index contributed by atoms with van der Waals surface area (Å²) in [5.74, 6) is -2.70. The van der Waals surface area contributed by atoms with E-state index in [0.29, 0.717) is 11.6 Å². The molecular formula is C29H35F3N4O2. The summed E-state index contributed by atoms with van der Waals surface area (Å²) in [6.07, 6.45) is 10.1. The summed E-state index contributed by atoms with van der Waals surface area (Å²) in [5.41, 5.74) is 5.72. The summed E-state index contributed by atoms with van der Waals surface area (Å²) in [5, 5.41) is 14.0. The van der Waals surface area contributed by atoms with Crippen LogP contribution in [0.1, 0.15) is 57.4 Å². The second-order valence-electron chi connectivity index (χ2n) is 9.71. The summed E-state index contributed by atoms with van der Waals surface area (Å²) in [6, 6.07) is 3.09. The molecule has 9 heteroatoms. The van der Waals surface area contributed by atoms with Crippen LogP contribution in [0.15, 0.2) is 54.4 Å². The molecule has 1 aliphatic heterocycles. The number of pyridine rings is 1. The molecule has 38 heavy (non-hydrogen) atoms. The maximum Gasteiger partial charge on any atom is 0.177 e. The number of likely N-dealkylation sites (tertiary alicyclic amines) is 1. The number of allylic oxidation sites excluding steroid dienone is 3. The van der Waals surface area contributed by atoms with Crippen LogP contribution >= 0.6 is 0 Å². The van der Waals surface area contributed by atoms with Crippen LogP contribution < -0.4 is 15.8 Å². The SMILES string of the molecule is C=C/C(NC(O)c1nc(-c2c(F)ccc(OCCC3CC3)c2F)c(F)cc1N)=C(\C=C/C)N1CCCCC1. The third-order valence-electron chi connectivity index (χ3n) is 6.86. The summed E-state index contributed by atoms with van der Waals surface area (Å²) in [4.78, 5) is 6.28. The molecule has 1 saturated carbocycles. The molecule has 0 radical (unpaired) electrons. The van der Waals surface area contributed by atoms with Gasteiger partial charge >= 0.3 is 0 Å². The van der Waals surface area contributed by atoms with Crippen LogP contribution in [0.25, 0.3) is 11.3 Å². The largest absolute Gasteiger partial charge is 0.490 e. The van der Waals surface area contributed by atoms with Crippen molar-refractivity contribution in [1.82, 2.24) is 15.2 Å². The van der Waals surface area contributed by atoms with Crippen LogP contribution in [-0.2, 0) is 0 Å². The molecule has 1 aromatic carbocycles. The number of nitrogens with two attached hydrogens (primary N) is 1. The highest BCUT2D eigenvalue weighted by atomic mass is 19.1.